The Morgan fingerprint density at radius 3 is 2.50 bits per heavy atom. The fourth-order valence-corrected chi connectivity index (χ4v) is 7.98. The molecule has 0 aromatic rings. The summed E-state index contributed by atoms with van der Waals surface area (Å²) in [5.74, 6) is 0.844. The number of aliphatic hydroxyl groups is 1. The van der Waals surface area contributed by atoms with Crippen molar-refractivity contribution in [1.29, 1.82) is 0 Å². The summed E-state index contributed by atoms with van der Waals surface area (Å²) in [6, 6.07) is 0. The first-order chi connectivity index (χ1) is 12.1. The van der Waals surface area contributed by atoms with Gasteiger partial charge >= 0.3 is 5.97 Å². The van der Waals surface area contributed by atoms with E-state index in [1.54, 1.807) is 0 Å². The van der Waals surface area contributed by atoms with Crippen molar-refractivity contribution in [2.45, 2.75) is 85.2 Å². The predicted octanol–water partition coefficient (Wildman–Crippen LogP) is 3.89. The number of esters is 1. The Morgan fingerprint density at radius 2 is 1.81 bits per heavy atom. The highest BCUT2D eigenvalue weighted by molar-refractivity contribution is 5.88. The van der Waals surface area contributed by atoms with Crippen LogP contribution in [-0.2, 0) is 14.3 Å². The van der Waals surface area contributed by atoms with Gasteiger partial charge in [0.2, 0.25) is 0 Å². The van der Waals surface area contributed by atoms with Crippen molar-refractivity contribution in [3.05, 3.63) is 0 Å². The Morgan fingerprint density at radius 1 is 1.12 bits per heavy atom. The molecule has 1 spiro atoms. The minimum absolute atomic E-state index is 0.00490. The summed E-state index contributed by atoms with van der Waals surface area (Å²) in [5.41, 5.74) is -0.801. The quantitative estimate of drug-likeness (QED) is 0.757. The van der Waals surface area contributed by atoms with Crippen LogP contribution >= 0.6 is 0 Å². The lowest BCUT2D eigenvalue weighted by molar-refractivity contribution is -0.209. The molecule has 0 radical (unpaired) electrons. The van der Waals surface area contributed by atoms with Gasteiger partial charge in [-0.2, -0.15) is 0 Å². The van der Waals surface area contributed by atoms with E-state index in [1.165, 1.54) is 0 Å². The van der Waals surface area contributed by atoms with Gasteiger partial charge in [-0.3, -0.25) is 9.59 Å². The van der Waals surface area contributed by atoms with Crippen molar-refractivity contribution in [1.82, 2.24) is 0 Å². The van der Waals surface area contributed by atoms with Gasteiger partial charge in [0.15, 0.2) is 0 Å². The molecule has 4 aliphatic rings. The molecule has 0 aliphatic heterocycles. The summed E-state index contributed by atoms with van der Waals surface area (Å²) >= 11 is 0. The van der Waals surface area contributed by atoms with E-state index in [-0.39, 0.29) is 28.1 Å². The molecular formula is C22H34O4. The van der Waals surface area contributed by atoms with Crippen molar-refractivity contribution in [3.8, 4) is 0 Å². The van der Waals surface area contributed by atoms with Crippen LogP contribution in [-0.4, -0.2) is 29.6 Å². The first-order valence-electron chi connectivity index (χ1n) is 10.5. The second kappa shape index (κ2) is 5.56. The van der Waals surface area contributed by atoms with Crippen LogP contribution in [0, 0.1) is 33.5 Å². The van der Waals surface area contributed by atoms with Gasteiger partial charge < -0.3 is 9.84 Å². The van der Waals surface area contributed by atoms with Crippen LogP contribution < -0.4 is 0 Å². The van der Waals surface area contributed by atoms with Gasteiger partial charge in [0, 0.05) is 11.8 Å². The van der Waals surface area contributed by atoms with Crippen LogP contribution in [0.15, 0.2) is 0 Å². The van der Waals surface area contributed by atoms with Gasteiger partial charge in [0.1, 0.15) is 5.78 Å². The van der Waals surface area contributed by atoms with E-state index >= 15 is 0 Å². The molecule has 4 nitrogen and oxygen atoms in total. The molecule has 4 saturated carbocycles. The van der Waals surface area contributed by atoms with Crippen LogP contribution in [0.25, 0.3) is 0 Å². The van der Waals surface area contributed by atoms with Crippen molar-refractivity contribution < 1.29 is 19.4 Å². The number of carbonyl (C=O) groups excluding carboxylic acids is 2. The summed E-state index contributed by atoms with van der Waals surface area (Å²) in [6.45, 7) is 8.63. The molecule has 0 amide bonds. The summed E-state index contributed by atoms with van der Waals surface area (Å²) in [4.78, 5) is 25.7. The number of carbonyl (C=O) groups is 2. The second-order valence-corrected chi connectivity index (χ2v) is 10.4. The molecule has 0 saturated heterocycles. The topological polar surface area (TPSA) is 63.6 Å². The zero-order chi connectivity index (χ0) is 19.0. The third kappa shape index (κ3) is 2.11. The Hall–Kier alpha value is -0.900. The number of aliphatic hydroxyl groups excluding tert-OH is 1. The first-order valence-corrected chi connectivity index (χ1v) is 10.5. The van der Waals surface area contributed by atoms with Crippen molar-refractivity contribution in [2.75, 3.05) is 6.61 Å². The van der Waals surface area contributed by atoms with Gasteiger partial charge in [0.25, 0.3) is 0 Å². The Bertz CT molecular complexity index is 644. The molecule has 2 bridgehead atoms. The normalized spacial score (nSPS) is 53.0. The average Bonchev–Trinajstić information content (AvgIpc) is 2.76. The zero-order valence-corrected chi connectivity index (χ0v) is 16.8. The number of hydrogen-bond acceptors (Lipinski definition) is 4. The molecule has 4 rings (SSSR count). The summed E-state index contributed by atoms with van der Waals surface area (Å²) in [7, 11) is 0. The Labute approximate surface area is 157 Å². The zero-order valence-electron chi connectivity index (χ0n) is 16.8. The van der Waals surface area contributed by atoms with Crippen molar-refractivity contribution in [2.24, 2.45) is 33.5 Å². The SMILES string of the molecule is CCOC(=O)[C@]1(C)[C@H](O)CC[C@@]2(C)[C@@H]3CC[C@@]4(C)C[C@]3(CC[C@@H]21)CC4=O. The van der Waals surface area contributed by atoms with E-state index in [9.17, 15) is 14.7 Å². The summed E-state index contributed by atoms with van der Waals surface area (Å²) in [6.07, 6.45) is 6.74. The second-order valence-electron chi connectivity index (χ2n) is 10.4. The van der Waals surface area contributed by atoms with Crippen molar-refractivity contribution in [3.63, 3.8) is 0 Å². The molecule has 1 N–H and O–H groups in total. The number of rotatable bonds is 2. The number of Topliss-reactive ketones (excluding diaryl/α,β-unsaturated/α-hetero) is 1. The molecular weight excluding hydrogens is 328 g/mol. The largest absolute Gasteiger partial charge is 0.465 e. The maximum absolute atomic E-state index is 12.9. The standard InChI is InChI=1S/C22H34O4/c1-5-26-18(25)21(4)14-7-11-22-12-17(24)19(2,13-22)9-6-15(22)20(14,3)10-8-16(21)23/h14-16,23H,5-13H2,1-4H3/t14-,15-,16+,19-,20+,21-,22-/m0/s1. The molecule has 146 valence electrons. The lowest BCUT2D eigenvalue weighted by Crippen LogP contribution is -2.62. The van der Waals surface area contributed by atoms with Gasteiger partial charge in [-0.05, 0) is 81.5 Å². The van der Waals surface area contributed by atoms with Crippen molar-refractivity contribution >= 4 is 11.8 Å². The third-order valence-electron chi connectivity index (χ3n) is 9.26. The lowest BCUT2D eigenvalue weighted by atomic mass is 9.40. The van der Waals surface area contributed by atoms with Gasteiger partial charge in [0.05, 0.1) is 18.1 Å². The number of hydrogen-bond donors (Lipinski definition) is 1. The van der Waals surface area contributed by atoms with Crippen LogP contribution in [0.1, 0.15) is 79.1 Å². The van der Waals surface area contributed by atoms with E-state index in [0.29, 0.717) is 24.7 Å². The fraction of sp³-hybridized carbons (Fsp3) is 0.909. The first kappa shape index (κ1) is 18.5. The molecule has 4 heteroatoms. The molecule has 26 heavy (non-hydrogen) atoms. The highest BCUT2D eigenvalue weighted by atomic mass is 16.5. The number of ether oxygens (including phenoxy) is 1. The number of fused-ring (bicyclic) bond motifs is 3. The Balaban J connectivity index is 1.73. The highest BCUT2D eigenvalue weighted by Crippen LogP contribution is 2.73. The minimum Gasteiger partial charge on any atom is -0.465 e. The Kier molecular flexibility index (Phi) is 3.95. The van der Waals surface area contributed by atoms with Crippen LogP contribution in [0.4, 0.5) is 0 Å². The van der Waals surface area contributed by atoms with Crippen LogP contribution in [0.5, 0.6) is 0 Å². The highest BCUT2D eigenvalue weighted by Gasteiger charge is 2.69. The van der Waals surface area contributed by atoms with E-state index in [4.69, 9.17) is 4.74 Å². The minimum atomic E-state index is -0.825. The summed E-state index contributed by atoms with van der Waals surface area (Å²) in [5, 5.41) is 10.8. The van der Waals surface area contributed by atoms with Crippen LogP contribution in [0.2, 0.25) is 0 Å². The van der Waals surface area contributed by atoms with Crippen LogP contribution in [0.3, 0.4) is 0 Å². The predicted molar refractivity (Wildman–Crippen MR) is 98.3 cm³/mol. The molecule has 0 aromatic heterocycles. The van der Waals surface area contributed by atoms with E-state index in [2.05, 4.69) is 13.8 Å². The third-order valence-corrected chi connectivity index (χ3v) is 9.26. The lowest BCUT2D eigenvalue weighted by Gasteiger charge is -2.64. The maximum Gasteiger partial charge on any atom is 0.314 e. The molecule has 4 fully saturated rings. The smallest absolute Gasteiger partial charge is 0.314 e. The summed E-state index contributed by atoms with van der Waals surface area (Å²) < 4.78 is 5.42. The average molecular weight is 363 g/mol. The van der Waals surface area contributed by atoms with E-state index in [1.807, 2.05) is 13.8 Å². The fourth-order valence-electron chi connectivity index (χ4n) is 7.98. The monoisotopic (exact) mass is 362 g/mol. The number of ketones is 1. The van der Waals surface area contributed by atoms with E-state index in [0.717, 1.165) is 44.9 Å². The molecule has 4 aliphatic carbocycles. The van der Waals surface area contributed by atoms with Gasteiger partial charge in [-0.1, -0.05) is 13.8 Å². The maximum atomic E-state index is 12.9. The van der Waals surface area contributed by atoms with Gasteiger partial charge in [-0.25, -0.2) is 0 Å². The molecule has 0 aromatic carbocycles. The molecule has 0 heterocycles. The molecule has 0 unspecified atom stereocenters. The van der Waals surface area contributed by atoms with Gasteiger partial charge in [-0.15, -0.1) is 0 Å². The molecule has 7 atom stereocenters. The van der Waals surface area contributed by atoms with E-state index < -0.39 is 11.5 Å².